The Morgan fingerprint density at radius 3 is 2.31 bits per heavy atom. The normalized spacial score (nSPS) is 13.8. The molecule has 0 unspecified atom stereocenters. The fourth-order valence-corrected chi connectivity index (χ4v) is 4.10. The number of rotatable bonds is 7. The Morgan fingerprint density at radius 1 is 0.906 bits per heavy atom. The summed E-state index contributed by atoms with van der Waals surface area (Å²) in [4.78, 5) is 34.9. The number of hydrogen-bond donors (Lipinski definition) is 0. The third-order valence-electron chi connectivity index (χ3n) is 5.85. The van der Waals surface area contributed by atoms with Crippen molar-refractivity contribution in [2.75, 3.05) is 18.0 Å². The van der Waals surface area contributed by atoms with E-state index in [0.29, 0.717) is 30.0 Å². The van der Waals surface area contributed by atoms with Gasteiger partial charge in [-0.3, -0.25) is 14.6 Å². The van der Waals surface area contributed by atoms with Gasteiger partial charge in [0.05, 0.1) is 11.3 Å². The number of anilines is 1. The van der Waals surface area contributed by atoms with E-state index in [1.807, 2.05) is 86.3 Å². The third-order valence-corrected chi connectivity index (χ3v) is 5.85. The van der Waals surface area contributed by atoms with Crippen molar-refractivity contribution in [2.45, 2.75) is 27.2 Å². The van der Waals surface area contributed by atoms with E-state index in [0.717, 1.165) is 28.7 Å². The number of aromatic nitrogens is 1. The molecule has 2 amide bonds. The van der Waals surface area contributed by atoms with Crippen LogP contribution in [0.2, 0.25) is 0 Å². The Morgan fingerprint density at radius 2 is 1.62 bits per heavy atom. The first-order valence-electron chi connectivity index (χ1n) is 10.9. The number of carbonyl (C=O) groups is 2. The smallest absolute Gasteiger partial charge is 0.282 e. The van der Waals surface area contributed by atoms with Gasteiger partial charge in [0, 0.05) is 25.5 Å². The van der Waals surface area contributed by atoms with Gasteiger partial charge in [-0.2, -0.15) is 0 Å². The van der Waals surface area contributed by atoms with E-state index in [4.69, 9.17) is 0 Å². The molecule has 3 aromatic rings. The second kappa shape index (κ2) is 9.18. The summed E-state index contributed by atoms with van der Waals surface area (Å²) in [5, 5.41) is 0. The summed E-state index contributed by atoms with van der Waals surface area (Å²) in [6.07, 6.45) is 4.30. The number of benzene rings is 2. The summed E-state index contributed by atoms with van der Waals surface area (Å²) in [5.74, 6) is -0.536. The Kier molecular flexibility index (Phi) is 6.17. The summed E-state index contributed by atoms with van der Waals surface area (Å²) in [7, 11) is 0. The number of nitrogens with zero attached hydrogens (tertiary/aromatic N) is 3. The van der Waals surface area contributed by atoms with Gasteiger partial charge in [0.2, 0.25) is 0 Å². The van der Waals surface area contributed by atoms with E-state index in [2.05, 4.69) is 4.98 Å². The molecule has 2 heterocycles. The quantitative estimate of drug-likeness (QED) is 0.521. The summed E-state index contributed by atoms with van der Waals surface area (Å²) in [5.41, 5.74) is 5.39. The van der Waals surface area contributed by atoms with Crippen LogP contribution in [0.5, 0.6) is 0 Å². The molecule has 0 saturated carbocycles. The molecule has 0 aliphatic carbocycles. The van der Waals surface area contributed by atoms with Crippen molar-refractivity contribution in [3.8, 4) is 0 Å². The van der Waals surface area contributed by atoms with Crippen LogP contribution < -0.4 is 4.90 Å². The number of hydrogen-bond acceptors (Lipinski definition) is 4. The average Bonchev–Trinajstić information content (AvgIpc) is 3.07. The highest BCUT2D eigenvalue weighted by molar-refractivity contribution is 6.45. The molecule has 5 nitrogen and oxygen atoms in total. The molecular weight excluding hydrogens is 398 g/mol. The topological polar surface area (TPSA) is 53.5 Å². The Labute approximate surface area is 189 Å². The van der Waals surface area contributed by atoms with Crippen molar-refractivity contribution in [3.63, 3.8) is 0 Å². The van der Waals surface area contributed by atoms with Crippen LogP contribution in [-0.2, 0) is 16.0 Å². The van der Waals surface area contributed by atoms with Crippen molar-refractivity contribution in [1.29, 1.82) is 0 Å². The van der Waals surface area contributed by atoms with Crippen LogP contribution in [0.3, 0.4) is 0 Å². The van der Waals surface area contributed by atoms with Gasteiger partial charge in [0.15, 0.2) is 0 Å². The largest absolute Gasteiger partial charge is 0.366 e. The number of carbonyl (C=O) groups excluding carboxylic acids is 2. The summed E-state index contributed by atoms with van der Waals surface area (Å²) >= 11 is 0. The Hall–Kier alpha value is -3.73. The molecular formula is C27H27N3O2. The van der Waals surface area contributed by atoms with Gasteiger partial charge in [-0.25, -0.2) is 4.90 Å². The molecule has 0 bridgehead atoms. The second-order valence-corrected chi connectivity index (χ2v) is 8.01. The second-order valence-electron chi connectivity index (χ2n) is 8.01. The van der Waals surface area contributed by atoms with Gasteiger partial charge >= 0.3 is 0 Å². The molecule has 2 aromatic carbocycles. The zero-order valence-corrected chi connectivity index (χ0v) is 18.7. The number of likely N-dealkylation sites (N-methyl/N-ethyl adjacent to an activating group) is 1. The zero-order chi connectivity index (χ0) is 22.7. The van der Waals surface area contributed by atoms with Crippen molar-refractivity contribution in [1.82, 2.24) is 9.88 Å². The standard InChI is InChI=1S/C27H27N3O2/c1-4-29(17-14-21-12-15-28-16-13-21)25-24(22-8-6-5-7-9-22)26(31)30(27(25)32)23-18-19(2)10-11-20(23)3/h5-13,15-16,18H,4,14,17H2,1-3H3. The maximum atomic E-state index is 13.8. The van der Waals surface area contributed by atoms with Gasteiger partial charge in [-0.05, 0) is 67.6 Å². The first-order valence-corrected chi connectivity index (χ1v) is 10.9. The lowest BCUT2D eigenvalue weighted by atomic mass is 10.0. The van der Waals surface area contributed by atoms with Crippen molar-refractivity contribution in [2.24, 2.45) is 0 Å². The van der Waals surface area contributed by atoms with E-state index < -0.39 is 0 Å². The predicted molar refractivity (Wildman–Crippen MR) is 127 cm³/mol. The number of aryl methyl sites for hydroxylation is 2. The van der Waals surface area contributed by atoms with Gasteiger partial charge < -0.3 is 4.90 Å². The summed E-state index contributed by atoms with van der Waals surface area (Å²) in [6, 6.07) is 19.3. The van der Waals surface area contributed by atoms with Crippen LogP contribution >= 0.6 is 0 Å². The molecule has 1 aromatic heterocycles. The monoisotopic (exact) mass is 425 g/mol. The molecule has 162 valence electrons. The maximum absolute atomic E-state index is 13.8. The van der Waals surface area contributed by atoms with Crippen molar-refractivity contribution < 1.29 is 9.59 Å². The number of amides is 2. The molecule has 0 radical (unpaired) electrons. The maximum Gasteiger partial charge on any atom is 0.282 e. The van der Waals surface area contributed by atoms with E-state index >= 15 is 0 Å². The van der Waals surface area contributed by atoms with Crippen LogP contribution in [0, 0.1) is 13.8 Å². The minimum atomic E-state index is -0.271. The minimum absolute atomic E-state index is 0.265. The molecule has 0 atom stereocenters. The van der Waals surface area contributed by atoms with Gasteiger partial charge in [0.1, 0.15) is 5.70 Å². The zero-order valence-electron chi connectivity index (χ0n) is 18.7. The molecule has 0 saturated heterocycles. The highest BCUT2D eigenvalue weighted by Gasteiger charge is 2.42. The highest BCUT2D eigenvalue weighted by atomic mass is 16.2. The molecule has 32 heavy (non-hydrogen) atoms. The van der Waals surface area contributed by atoms with Crippen LogP contribution in [0.1, 0.15) is 29.2 Å². The van der Waals surface area contributed by atoms with E-state index in [1.54, 1.807) is 12.4 Å². The molecule has 0 fully saturated rings. The van der Waals surface area contributed by atoms with Gasteiger partial charge in [-0.1, -0.05) is 42.5 Å². The minimum Gasteiger partial charge on any atom is -0.366 e. The summed E-state index contributed by atoms with van der Waals surface area (Å²) in [6.45, 7) is 7.16. The molecule has 4 rings (SSSR count). The Bertz CT molecular complexity index is 1170. The van der Waals surface area contributed by atoms with E-state index in [-0.39, 0.29) is 11.8 Å². The van der Waals surface area contributed by atoms with Gasteiger partial charge in [0.25, 0.3) is 11.8 Å². The van der Waals surface area contributed by atoms with Gasteiger partial charge in [-0.15, -0.1) is 0 Å². The van der Waals surface area contributed by atoms with Crippen LogP contribution in [0.15, 0.2) is 78.8 Å². The highest BCUT2D eigenvalue weighted by Crippen LogP contribution is 2.36. The lowest BCUT2D eigenvalue weighted by Crippen LogP contribution is -2.36. The lowest BCUT2D eigenvalue weighted by Gasteiger charge is -2.25. The van der Waals surface area contributed by atoms with Crippen molar-refractivity contribution in [3.05, 3.63) is 101 Å². The van der Waals surface area contributed by atoms with Crippen molar-refractivity contribution >= 4 is 23.1 Å². The fourth-order valence-electron chi connectivity index (χ4n) is 4.10. The SMILES string of the molecule is CCN(CCc1ccncc1)C1=C(c2ccccc2)C(=O)N(c2cc(C)ccc2C)C1=O. The third kappa shape index (κ3) is 4.06. The van der Waals surface area contributed by atoms with E-state index in [9.17, 15) is 9.59 Å². The fraction of sp³-hybridized carbons (Fsp3) is 0.222. The molecule has 1 aliphatic heterocycles. The lowest BCUT2D eigenvalue weighted by molar-refractivity contribution is -0.120. The van der Waals surface area contributed by atoms with Crippen LogP contribution in [0.4, 0.5) is 5.69 Å². The molecule has 0 spiro atoms. The summed E-state index contributed by atoms with van der Waals surface area (Å²) < 4.78 is 0. The number of imide groups is 1. The van der Waals surface area contributed by atoms with E-state index in [1.165, 1.54) is 4.90 Å². The average molecular weight is 426 g/mol. The Balaban J connectivity index is 1.77. The van der Waals surface area contributed by atoms with Crippen LogP contribution in [0.25, 0.3) is 5.57 Å². The molecule has 1 aliphatic rings. The number of pyridine rings is 1. The molecule has 0 N–H and O–H groups in total. The molecule has 5 heteroatoms. The predicted octanol–water partition coefficient (Wildman–Crippen LogP) is 4.55. The first kappa shape index (κ1) is 21.5. The van der Waals surface area contributed by atoms with Crippen LogP contribution in [-0.4, -0.2) is 34.8 Å². The first-order chi connectivity index (χ1) is 15.5.